The van der Waals surface area contributed by atoms with Gasteiger partial charge in [0, 0.05) is 0 Å². The third-order valence-corrected chi connectivity index (χ3v) is 2.69. The quantitative estimate of drug-likeness (QED) is 0.861. The molecule has 2 N–H and O–H groups in total. The fraction of sp³-hybridized carbons (Fsp3) is 0.231. The van der Waals surface area contributed by atoms with E-state index in [1.807, 2.05) is 6.07 Å². The third kappa shape index (κ3) is 2.85. The highest BCUT2D eigenvalue weighted by molar-refractivity contribution is 5.96. The van der Waals surface area contributed by atoms with Crippen LogP contribution in [0.4, 0.5) is 0 Å². The zero-order chi connectivity index (χ0) is 13.8. The summed E-state index contributed by atoms with van der Waals surface area (Å²) in [6.07, 6.45) is 1.65. The number of aliphatic carboxylic acids is 1. The van der Waals surface area contributed by atoms with E-state index in [1.54, 1.807) is 25.1 Å². The Hall–Kier alpha value is -2.50. The molecule has 0 radical (unpaired) electrons. The molecule has 0 saturated carbocycles. The Morgan fingerprint density at radius 2 is 2.00 bits per heavy atom. The highest BCUT2D eigenvalue weighted by Crippen LogP contribution is 2.08. The minimum absolute atomic E-state index is 0.110. The lowest BCUT2D eigenvalue weighted by Crippen LogP contribution is -2.40. The molecule has 6 nitrogen and oxygen atoms in total. The molecule has 0 unspecified atom stereocenters. The number of aromatic nitrogens is 2. The Morgan fingerprint density at radius 3 is 2.63 bits per heavy atom. The lowest BCUT2D eigenvalue weighted by molar-refractivity contribution is -0.139. The van der Waals surface area contributed by atoms with Crippen molar-refractivity contribution in [1.82, 2.24) is 15.3 Å². The van der Waals surface area contributed by atoms with Crippen molar-refractivity contribution >= 4 is 22.9 Å². The average molecular weight is 259 g/mol. The number of hydrogen-bond donors (Lipinski definition) is 2. The second-order valence-corrected chi connectivity index (χ2v) is 4.02. The molecule has 0 aliphatic carbocycles. The molecule has 19 heavy (non-hydrogen) atoms. The van der Waals surface area contributed by atoms with Crippen LogP contribution >= 0.6 is 0 Å². The maximum absolute atomic E-state index is 11.9. The van der Waals surface area contributed by atoms with Crippen molar-refractivity contribution in [3.8, 4) is 0 Å². The first kappa shape index (κ1) is 12.9. The minimum atomic E-state index is -1.07. The van der Waals surface area contributed by atoms with Gasteiger partial charge >= 0.3 is 5.97 Å². The third-order valence-electron chi connectivity index (χ3n) is 2.69. The summed E-state index contributed by atoms with van der Waals surface area (Å²) in [6, 6.07) is 6.24. The molecule has 6 heteroatoms. The second-order valence-electron chi connectivity index (χ2n) is 4.02. The van der Waals surface area contributed by atoms with E-state index in [-0.39, 0.29) is 5.69 Å². The van der Waals surface area contributed by atoms with Gasteiger partial charge in [-0.2, -0.15) is 0 Å². The molecule has 2 rings (SSSR count). The summed E-state index contributed by atoms with van der Waals surface area (Å²) in [4.78, 5) is 31.0. The summed E-state index contributed by atoms with van der Waals surface area (Å²) in [6.45, 7) is 1.69. The van der Waals surface area contributed by atoms with Gasteiger partial charge in [-0.1, -0.05) is 19.1 Å². The van der Waals surface area contributed by atoms with Crippen molar-refractivity contribution in [2.24, 2.45) is 0 Å². The number of carbonyl (C=O) groups is 2. The standard InChI is InChI=1S/C13H13N3O3/c1-2-8(13(18)19)16-12(17)11-7-14-9-5-3-4-6-10(9)15-11/h3-8H,2H2,1H3,(H,16,17)(H,18,19)/t8-/m1/s1. The van der Waals surface area contributed by atoms with Gasteiger partial charge < -0.3 is 10.4 Å². The van der Waals surface area contributed by atoms with Crippen LogP contribution in [0.15, 0.2) is 30.5 Å². The van der Waals surface area contributed by atoms with E-state index in [2.05, 4.69) is 15.3 Å². The van der Waals surface area contributed by atoms with Gasteiger partial charge in [0.1, 0.15) is 11.7 Å². The fourth-order valence-corrected chi connectivity index (χ4v) is 1.64. The van der Waals surface area contributed by atoms with Gasteiger partial charge in [0.05, 0.1) is 17.2 Å². The van der Waals surface area contributed by atoms with Crippen molar-refractivity contribution in [2.75, 3.05) is 0 Å². The lowest BCUT2D eigenvalue weighted by Gasteiger charge is -2.11. The highest BCUT2D eigenvalue weighted by Gasteiger charge is 2.19. The van der Waals surface area contributed by atoms with Crippen molar-refractivity contribution in [2.45, 2.75) is 19.4 Å². The molecule has 0 saturated heterocycles. The number of nitrogens with one attached hydrogen (secondary N) is 1. The molecule has 1 aromatic heterocycles. The molecule has 0 fully saturated rings. The molecule has 1 aromatic carbocycles. The van der Waals surface area contributed by atoms with Crippen molar-refractivity contribution in [1.29, 1.82) is 0 Å². The smallest absolute Gasteiger partial charge is 0.326 e. The topological polar surface area (TPSA) is 92.2 Å². The van der Waals surface area contributed by atoms with E-state index in [1.165, 1.54) is 6.20 Å². The predicted octanol–water partition coefficient (Wildman–Crippen LogP) is 1.22. The number of amides is 1. The lowest BCUT2D eigenvalue weighted by atomic mass is 10.2. The summed E-state index contributed by atoms with van der Waals surface area (Å²) >= 11 is 0. The van der Waals surface area contributed by atoms with Gasteiger partial charge in [-0.25, -0.2) is 9.78 Å². The summed E-state index contributed by atoms with van der Waals surface area (Å²) in [5.74, 6) is -1.60. The Labute approximate surface area is 109 Å². The normalized spacial score (nSPS) is 12.1. The van der Waals surface area contributed by atoms with E-state index in [9.17, 15) is 9.59 Å². The van der Waals surface area contributed by atoms with Gasteiger partial charge in [0.25, 0.3) is 5.91 Å². The number of fused-ring (bicyclic) bond motifs is 1. The monoisotopic (exact) mass is 259 g/mol. The molecule has 2 aromatic rings. The summed E-state index contributed by atoms with van der Waals surface area (Å²) in [7, 11) is 0. The number of rotatable bonds is 4. The van der Waals surface area contributed by atoms with Crippen molar-refractivity contribution in [3.63, 3.8) is 0 Å². The van der Waals surface area contributed by atoms with E-state index in [0.717, 1.165) is 0 Å². The van der Waals surface area contributed by atoms with Crippen LogP contribution < -0.4 is 5.32 Å². The molecular formula is C13H13N3O3. The van der Waals surface area contributed by atoms with E-state index >= 15 is 0 Å². The van der Waals surface area contributed by atoms with Gasteiger partial charge in [0.2, 0.25) is 0 Å². The number of carbonyl (C=O) groups excluding carboxylic acids is 1. The molecule has 1 heterocycles. The van der Waals surface area contributed by atoms with E-state index in [0.29, 0.717) is 17.5 Å². The number of benzene rings is 1. The zero-order valence-electron chi connectivity index (χ0n) is 10.3. The number of carboxylic acid groups (broad SMARTS) is 1. The van der Waals surface area contributed by atoms with Crippen LogP contribution in [0.1, 0.15) is 23.8 Å². The van der Waals surface area contributed by atoms with Gasteiger partial charge in [-0.05, 0) is 18.6 Å². The van der Waals surface area contributed by atoms with E-state index in [4.69, 9.17) is 5.11 Å². The Morgan fingerprint density at radius 1 is 1.32 bits per heavy atom. The number of nitrogens with zero attached hydrogens (tertiary/aromatic N) is 2. The maximum atomic E-state index is 11.9. The van der Waals surface area contributed by atoms with Gasteiger partial charge in [0.15, 0.2) is 0 Å². The number of para-hydroxylation sites is 2. The SMILES string of the molecule is CC[C@@H](NC(=O)c1cnc2ccccc2n1)C(=O)O. The molecule has 1 atom stereocenters. The molecular weight excluding hydrogens is 246 g/mol. The molecule has 98 valence electrons. The Balaban J connectivity index is 2.24. The number of carboxylic acids is 1. The summed E-state index contributed by atoms with van der Waals surface area (Å²) in [5, 5.41) is 11.3. The molecule has 0 aliphatic heterocycles. The van der Waals surface area contributed by atoms with Crippen LogP contribution in [-0.2, 0) is 4.79 Å². The van der Waals surface area contributed by atoms with E-state index < -0.39 is 17.9 Å². The minimum Gasteiger partial charge on any atom is -0.480 e. The zero-order valence-corrected chi connectivity index (χ0v) is 10.3. The first-order chi connectivity index (χ1) is 9.11. The summed E-state index contributed by atoms with van der Waals surface area (Å²) in [5.41, 5.74) is 1.39. The maximum Gasteiger partial charge on any atom is 0.326 e. The van der Waals surface area contributed by atoms with Crippen LogP contribution in [0.2, 0.25) is 0 Å². The van der Waals surface area contributed by atoms with Gasteiger partial charge in [-0.3, -0.25) is 9.78 Å². The fourth-order valence-electron chi connectivity index (χ4n) is 1.64. The molecule has 0 spiro atoms. The van der Waals surface area contributed by atoms with Crippen LogP contribution in [0.3, 0.4) is 0 Å². The molecule has 0 bridgehead atoms. The largest absolute Gasteiger partial charge is 0.480 e. The molecule has 0 aliphatic rings. The Kier molecular flexibility index (Phi) is 3.70. The average Bonchev–Trinajstić information content (AvgIpc) is 2.43. The van der Waals surface area contributed by atoms with Crippen molar-refractivity contribution in [3.05, 3.63) is 36.2 Å². The van der Waals surface area contributed by atoms with Crippen LogP contribution in [0, 0.1) is 0 Å². The molecule has 1 amide bonds. The van der Waals surface area contributed by atoms with Crippen LogP contribution in [-0.4, -0.2) is 33.0 Å². The summed E-state index contributed by atoms with van der Waals surface area (Å²) < 4.78 is 0. The van der Waals surface area contributed by atoms with Gasteiger partial charge in [-0.15, -0.1) is 0 Å². The highest BCUT2D eigenvalue weighted by atomic mass is 16.4. The van der Waals surface area contributed by atoms with Crippen molar-refractivity contribution < 1.29 is 14.7 Å². The predicted molar refractivity (Wildman–Crippen MR) is 68.7 cm³/mol. The Bertz CT molecular complexity index is 627. The van der Waals surface area contributed by atoms with Crippen LogP contribution in [0.25, 0.3) is 11.0 Å². The number of hydrogen-bond acceptors (Lipinski definition) is 4. The first-order valence-corrected chi connectivity index (χ1v) is 5.87. The second kappa shape index (κ2) is 5.43. The first-order valence-electron chi connectivity index (χ1n) is 5.87. The van der Waals surface area contributed by atoms with Crippen LogP contribution in [0.5, 0.6) is 0 Å².